The Morgan fingerprint density at radius 1 is 1.44 bits per heavy atom. The van der Waals surface area contributed by atoms with Gasteiger partial charge < -0.3 is 21.0 Å². The number of hydrazine groups is 1. The average molecular weight is 377 g/mol. The number of aromatic nitrogens is 1. The summed E-state index contributed by atoms with van der Waals surface area (Å²) < 4.78 is 0. The van der Waals surface area contributed by atoms with Crippen LogP contribution in [0.25, 0.3) is 5.70 Å². The van der Waals surface area contributed by atoms with Crippen molar-refractivity contribution >= 4 is 18.0 Å². The highest BCUT2D eigenvalue weighted by Gasteiger charge is 2.34. The first-order valence-electron chi connectivity index (χ1n) is 9.16. The zero-order valence-corrected chi connectivity index (χ0v) is 16.6. The molecule has 2 unspecified atom stereocenters. The number of rotatable bonds is 6. The van der Waals surface area contributed by atoms with Gasteiger partial charge in [0.05, 0.1) is 11.4 Å². The highest BCUT2D eigenvalue weighted by molar-refractivity contribution is 5.83. The van der Waals surface area contributed by atoms with E-state index in [0.717, 1.165) is 19.4 Å². The molecule has 5 N–H and O–H groups in total. The van der Waals surface area contributed by atoms with Crippen molar-refractivity contribution in [2.45, 2.75) is 45.7 Å². The van der Waals surface area contributed by atoms with Gasteiger partial charge in [-0.1, -0.05) is 19.9 Å². The fourth-order valence-corrected chi connectivity index (χ4v) is 3.03. The van der Waals surface area contributed by atoms with Crippen LogP contribution in [0.1, 0.15) is 39.3 Å². The minimum atomic E-state index is -0.433. The first-order chi connectivity index (χ1) is 12.8. The van der Waals surface area contributed by atoms with E-state index in [1.165, 1.54) is 5.01 Å². The highest BCUT2D eigenvalue weighted by atomic mass is 16.2. The van der Waals surface area contributed by atoms with Crippen LogP contribution in [0.3, 0.4) is 0 Å². The summed E-state index contributed by atoms with van der Waals surface area (Å²) in [4.78, 5) is 28.1. The Kier molecular flexibility index (Phi) is 9.29. The predicted octanol–water partition coefficient (Wildman–Crippen LogP) is 0.912. The van der Waals surface area contributed by atoms with Crippen LogP contribution >= 0.6 is 0 Å². The molecule has 0 aromatic carbocycles. The molecule has 1 aliphatic heterocycles. The van der Waals surface area contributed by atoms with Gasteiger partial charge in [0.25, 0.3) is 0 Å². The smallest absolute Gasteiger partial charge is 0.247 e. The van der Waals surface area contributed by atoms with Crippen LogP contribution in [0.2, 0.25) is 0 Å². The van der Waals surface area contributed by atoms with Crippen LogP contribution in [0.15, 0.2) is 30.6 Å². The predicted molar refractivity (Wildman–Crippen MR) is 107 cm³/mol. The summed E-state index contributed by atoms with van der Waals surface area (Å²) in [5, 5.41) is 3.68. The standard InChI is InChI=1S/C17H27N5O.C2H5NO/c1-12(2)16(17(23)21-10-6-7-13(21)3)22(19)11-14(18)15-8-4-5-9-20-15;1-3-2-4/h4-5,8-9,11-13,16H,6-7,10,18-19H2,1-3H3;2H,1H3,(H,3,4)/b14-11-;. The van der Waals surface area contributed by atoms with Gasteiger partial charge in [-0.05, 0) is 37.8 Å². The van der Waals surface area contributed by atoms with Crippen molar-refractivity contribution in [1.82, 2.24) is 20.2 Å². The maximum atomic E-state index is 12.9. The number of hydrogen-bond acceptors (Lipinski definition) is 6. The molecule has 1 aliphatic rings. The lowest BCUT2D eigenvalue weighted by atomic mass is 10.0. The lowest BCUT2D eigenvalue weighted by Gasteiger charge is -2.34. The van der Waals surface area contributed by atoms with Crippen molar-refractivity contribution in [3.63, 3.8) is 0 Å². The van der Waals surface area contributed by atoms with E-state index in [-0.39, 0.29) is 17.9 Å². The van der Waals surface area contributed by atoms with Crippen molar-refractivity contribution in [2.75, 3.05) is 13.6 Å². The molecule has 1 fully saturated rings. The molecular formula is C19H32N6O2. The normalized spacial score (nSPS) is 17.8. The van der Waals surface area contributed by atoms with Gasteiger partial charge in [-0.2, -0.15) is 0 Å². The number of carbonyl (C=O) groups is 2. The molecule has 27 heavy (non-hydrogen) atoms. The molecule has 8 nitrogen and oxygen atoms in total. The SMILES string of the molecule is CC(C)C(C(=O)N1CCCC1C)N(N)/C=C(\N)c1ccccn1.CNC=O. The molecule has 0 saturated carbocycles. The Labute approximate surface area is 161 Å². The van der Waals surface area contributed by atoms with Crippen LogP contribution in [0.5, 0.6) is 0 Å². The summed E-state index contributed by atoms with van der Waals surface area (Å²) in [5.74, 6) is 6.32. The lowest BCUT2D eigenvalue weighted by Crippen LogP contribution is -2.53. The van der Waals surface area contributed by atoms with Crippen LogP contribution in [0, 0.1) is 5.92 Å². The zero-order valence-electron chi connectivity index (χ0n) is 16.6. The van der Waals surface area contributed by atoms with Gasteiger partial charge in [-0.3, -0.25) is 14.6 Å². The molecule has 2 amide bonds. The van der Waals surface area contributed by atoms with E-state index < -0.39 is 6.04 Å². The first-order valence-corrected chi connectivity index (χ1v) is 9.16. The monoisotopic (exact) mass is 376 g/mol. The van der Waals surface area contributed by atoms with Crippen molar-refractivity contribution in [3.05, 3.63) is 36.3 Å². The molecule has 2 heterocycles. The Balaban J connectivity index is 0.000000828. The van der Waals surface area contributed by atoms with E-state index in [1.54, 1.807) is 19.4 Å². The fourth-order valence-electron chi connectivity index (χ4n) is 3.03. The molecule has 0 spiro atoms. The highest BCUT2D eigenvalue weighted by Crippen LogP contribution is 2.21. The van der Waals surface area contributed by atoms with Gasteiger partial charge in [-0.15, -0.1) is 0 Å². The Morgan fingerprint density at radius 3 is 2.56 bits per heavy atom. The number of nitrogens with two attached hydrogens (primary N) is 2. The Bertz CT molecular complexity index is 620. The average Bonchev–Trinajstić information content (AvgIpc) is 3.08. The van der Waals surface area contributed by atoms with E-state index in [4.69, 9.17) is 16.4 Å². The molecule has 8 heteroatoms. The number of likely N-dealkylation sites (tertiary alicyclic amines) is 1. The van der Waals surface area contributed by atoms with Gasteiger partial charge in [0.2, 0.25) is 12.3 Å². The molecular weight excluding hydrogens is 344 g/mol. The number of pyridine rings is 1. The minimum absolute atomic E-state index is 0.0672. The van der Waals surface area contributed by atoms with E-state index in [0.29, 0.717) is 17.8 Å². The minimum Gasteiger partial charge on any atom is -0.396 e. The quantitative estimate of drug-likeness (QED) is 0.386. The summed E-state index contributed by atoms with van der Waals surface area (Å²) in [6.07, 6.45) is 6.00. The molecule has 2 atom stereocenters. The van der Waals surface area contributed by atoms with E-state index in [9.17, 15) is 4.79 Å². The molecule has 0 aliphatic carbocycles. The number of carbonyl (C=O) groups excluding carboxylic acids is 2. The van der Waals surface area contributed by atoms with E-state index in [1.807, 2.05) is 36.9 Å². The Hall–Kier alpha value is -2.61. The van der Waals surface area contributed by atoms with Crippen LogP contribution in [-0.2, 0) is 9.59 Å². The van der Waals surface area contributed by atoms with Gasteiger partial charge in [-0.25, -0.2) is 5.84 Å². The third kappa shape index (κ3) is 6.56. The molecule has 150 valence electrons. The summed E-state index contributed by atoms with van der Waals surface area (Å²) in [5.41, 5.74) is 7.16. The van der Waals surface area contributed by atoms with Crippen LogP contribution < -0.4 is 16.9 Å². The first kappa shape index (κ1) is 22.4. The third-order valence-electron chi connectivity index (χ3n) is 4.41. The summed E-state index contributed by atoms with van der Waals surface area (Å²) >= 11 is 0. The summed E-state index contributed by atoms with van der Waals surface area (Å²) in [7, 11) is 1.56. The molecule has 0 radical (unpaired) electrons. The second-order valence-electron chi connectivity index (χ2n) is 6.86. The second kappa shape index (κ2) is 11.2. The van der Waals surface area contributed by atoms with Crippen molar-refractivity contribution in [3.8, 4) is 0 Å². The van der Waals surface area contributed by atoms with Crippen molar-refractivity contribution in [2.24, 2.45) is 17.5 Å². The summed E-state index contributed by atoms with van der Waals surface area (Å²) in [6.45, 7) is 6.87. The maximum Gasteiger partial charge on any atom is 0.247 e. The number of hydrogen-bond donors (Lipinski definition) is 3. The van der Waals surface area contributed by atoms with Gasteiger partial charge in [0.1, 0.15) is 6.04 Å². The van der Waals surface area contributed by atoms with Crippen LogP contribution in [0.4, 0.5) is 0 Å². The van der Waals surface area contributed by atoms with Crippen LogP contribution in [-0.4, -0.2) is 52.9 Å². The maximum absolute atomic E-state index is 12.9. The van der Waals surface area contributed by atoms with E-state index in [2.05, 4.69) is 17.2 Å². The third-order valence-corrected chi connectivity index (χ3v) is 4.41. The fraction of sp³-hybridized carbons (Fsp3) is 0.526. The number of amides is 2. The van der Waals surface area contributed by atoms with Crippen molar-refractivity contribution in [1.29, 1.82) is 0 Å². The molecule has 2 rings (SSSR count). The zero-order chi connectivity index (χ0) is 20.4. The van der Waals surface area contributed by atoms with Gasteiger partial charge >= 0.3 is 0 Å². The van der Waals surface area contributed by atoms with Crippen molar-refractivity contribution < 1.29 is 9.59 Å². The number of nitrogens with one attached hydrogen (secondary N) is 1. The van der Waals surface area contributed by atoms with Gasteiger partial charge in [0, 0.05) is 32.0 Å². The topological polar surface area (TPSA) is 118 Å². The molecule has 1 saturated heterocycles. The molecule has 0 bridgehead atoms. The molecule has 1 aromatic heterocycles. The van der Waals surface area contributed by atoms with Gasteiger partial charge in [0.15, 0.2) is 0 Å². The largest absolute Gasteiger partial charge is 0.396 e. The van der Waals surface area contributed by atoms with E-state index >= 15 is 0 Å². The molecule has 1 aromatic rings. The number of nitrogens with zero attached hydrogens (tertiary/aromatic N) is 3. The Morgan fingerprint density at radius 2 is 2.11 bits per heavy atom. The summed E-state index contributed by atoms with van der Waals surface area (Å²) in [6, 6.07) is 5.34. The second-order valence-corrected chi connectivity index (χ2v) is 6.86. The lowest BCUT2D eigenvalue weighted by molar-refractivity contribution is -0.138.